The number of hydrogen-bond acceptors (Lipinski definition) is 2. The van der Waals surface area contributed by atoms with Crippen LogP contribution in [0.25, 0.3) is 82.5 Å². The van der Waals surface area contributed by atoms with Crippen molar-refractivity contribution >= 4 is 65.7 Å². The van der Waals surface area contributed by atoms with Gasteiger partial charge in [-0.15, -0.1) is 0 Å². The molecule has 3 aromatic heterocycles. The van der Waals surface area contributed by atoms with E-state index in [2.05, 4.69) is 108 Å². The Labute approximate surface area is 223 Å². The van der Waals surface area contributed by atoms with E-state index < -0.39 is 0 Å². The maximum absolute atomic E-state index is 6.26. The van der Waals surface area contributed by atoms with Crippen LogP contribution < -0.4 is 0 Å². The molecule has 0 N–H and O–H groups in total. The van der Waals surface area contributed by atoms with Gasteiger partial charge in [-0.3, -0.25) is 0 Å². The highest BCUT2D eigenvalue weighted by Crippen LogP contribution is 2.39. The van der Waals surface area contributed by atoms with Gasteiger partial charge in [0.15, 0.2) is 0 Å². The van der Waals surface area contributed by atoms with Gasteiger partial charge in [0.25, 0.3) is 0 Å². The summed E-state index contributed by atoms with van der Waals surface area (Å²) in [6.07, 6.45) is 0. The fourth-order valence-electron chi connectivity index (χ4n) is 6.17. The summed E-state index contributed by atoms with van der Waals surface area (Å²) < 4.78 is 14.6. The fourth-order valence-corrected chi connectivity index (χ4v) is 6.17. The van der Waals surface area contributed by atoms with Crippen molar-refractivity contribution in [2.75, 3.05) is 0 Å². The van der Waals surface area contributed by atoms with Crippen molar-refractivity contribution in [3.8, 4) is 16.8 Å². The Morgan fingerprint density at radius 3 is 1.72 bits per heavy atom. The Hall–Kier alpha value is -5.28. The second-order valence-corrected chi connectivity index (χ2v) is 10.2. The summed E-state index contributed by atoms with van der Waals surface area (Å²) >= 11 is 0. The molecule has 3 nitrogen and oxygen atoms in total. The van der Waals surface area contributed by atoms with Gasteiger partial charge in [-0.1, -0.05) is 72.8 Å². The third kappa shape index (κ3) is 2.93. The van der Waals surface area contributed by atoms with E-state index >= 15 is 0 Å². The molecule has 0 amide bonds. The van der Waals surface area contributed by atoms with E-state index in [9.17, 15) is 0 Å². The Morgan fingerprint density at radius 1 is 0.359 bits per heavy atom. The van der Waals surface area contributed by atoms with E-state index in [1.165, 1.54) is 27.4 Å². The highest BCUT2D eigenvalue weighted by atomic mass is 16.3. The second-order valence-electron chi connectivity index (χ2n) is 10.2. The van der Waals surface area contributed by atoms with Crippen LogP contribution in [0.5, 0.6) is 0 Å². The lowest BCUT2D eigenvalue weighted by atomic mass is 10.0. The van der Waals surface area contributed by atoms with Crippen molar-refractivity contribution in [3.63, 3.8) is 0 Å². The Balaban J connectivity index is 1.23. The molecule has 0 aliphatic heterocycles. The largest absolute Gasteiger partial charge is 0.456 e. The third-order valence-electron chi connectivity index (χ3n) is 8.01. The highest BCUT2D eigenvalue weighted by Gasteiger charge is 2.16. The van der Waals surface area contributed by atoms with Crippen LogP contribution in [0.4, 0.5) is 0 Å². The number of fused-ring (bicyclic) bond motifs is 9. The molecule has 0 unspecified atom stereocenters. The zero-order chi connectivity index (χ0) is 25.5. The summed E-state index contributed by atoms with van der Waals surface area (Å²) in [4.78, 5) is 0. The van der Waals surface area contributed by atoms with E-state index in [-0.39, 0.29) is 0 Å². The Bertz CT molecular complexity index is 2380. The van der Waals surface area contributed by atoms with E-state index in [0.29, 0.717) is 0 Å². The average Bonchev–Trinajstić information content (AvgIpc) is 3.65. The zero-order valence-electron chi connectivity index (χ0n) is 20.9. The predicted octanol–water partition coefficient (Wildman–Crippen LogP) is 10.2. The van der Waals surface area contributed by atoms with Crippen LogP contribution in [0.15, 0.2) is 136 Å². The molecule has 39 heavy (non-hydrogen) atoms. The Kier molecular flexibility index (Phi) is 4.05. The summed E-state index contributed by atoms with van der Waals surface area (Å²) in [6, 6.07) is 44.9. The maximum Gasteiger partial charge on any atom is 0.137 e. The monoisotopic (exact) mass is 499 g/mol. The molecule has 0 bridgehead atoms. The van der Waals surface area contributed by atoms with Crippen LogP contribution in [0, 0.1) is 0 Å². The van der Waals surface area contributed by atoms with Gasteiger partial charge in [-0.25, -0.2) is 0 Å². The molecule has 0 radical (unpaired) electrons. The van der Waals surface area contributed by atoms with Crippen molar-refractivity contribution in [1.82, 2.24) is 4.57 Å². The quantitative estimate of drug-likeness (QED) is 0.237. The molecule has 0 saturated carbocycles. The third-order valence-corrected chi connectivity index (χ3v) is 8.01. The minimum Gasteiger partial charge on any atom is -0.456 e. The summed E-state index contributed by atoms with van der Waals surface area (Å²) in [7, 11) is 0. The Morgan fingerprint density at radius 2 is 0.949 bits per heavy atom. The van der Waals surface area contributed by atoms with Crippen LogP contribution in [-0.4, -0.2) is 4.57 Å². The van der Waals surface area contributed by atoms with Gasteiger partial charge in [0, 0.05) is 44.1 Å². The van der Waals surface area contributed by atoms with Crippen molar-refractivity contribution in [2.24, 2.45) is 0 Å². The fraction of sp³-hybridized carbons (Fsp3) is 0. The lowest BCUT2D eigenvalue weighted by Gasteiger charge is -2.09. The lowest BCUT2D eigenvalue weighted by Crippen LogP contribution is -1.93. The van der Waals surface area contributed by atoms with Crippen molar-refractivity contribution < 1.29 is 8.83 Å². The van der Waals surface area contributed by atoms with Gasteiger partial charge in [0.05, 0.1) is 11.0 Å². The first kappa shape index (κ1) is 20.7. The number of furan rings is 2. The molecular weight excluding hydrogens is 478 g/mol. The summed E-state index contributed by atoms with van der Waals surface area (Å²) in [5.74, 6) is 0. The van der Waals surface area contributed by atoms with Crippen LogP contribution in [0.2, 0.25) is 0 Å². The maximum atomic E-state index is 6.26. The molecule has 9 aromatic rings. The number of rotatable bonds is 2. The van der Waals surface area contributed by atoms with E-state index in [0.717, 1.165) is 55.1 Å². The molecule has 0 aliphatic rings. The standard InChI is InChI=1S/C36H21NO2/c1-4-10-31-25(7-1)28-20-30-27-9-3-6-12-34(27)39-36(30)21-32(28)37(31)24-16-13-22(14-17-24)23-15-18-35-29(19-23)26-8-2-5-11-33(26)38-35/h1-21H. The average molecular weight is 500 g/mol. The van der Waals surface area contributed by atoms with Gasteiger partial charge in [0.1, 0.15) is 22.3 Å². The molecular formula is C36H21NO2. The number of aromatic nitrogens is 1. The molecule has 0 spiro atoms. The number of para-hydroxylation sites is 3. The van der Waals surface area contributed by atoms with Crippen LogP contribution >= 0.6 is 0 Å². The molecule has 0 saturated heterocycles. The number of benzene rings is 6. The van der Waals surface area contributed by atoms with Crippen LogP contribution in [-0.2, 0) is 0 Å². The number of hydrogen-bond donors (Lipinski definition) is 0. The molecule has 6 aromatic carbocycles. The highest BCUT2D eigenvalue weighted by molar-refractivity contribution is 6.17. The molecule has 182 valence electrons. The molecule has 0 atom stereocenters. The van der Waals surface area contributed by atoms with Gasteiger partial charge < -0.3 is 13.4 Å². The van der Waals surface area contributed by atoms with Crippen molar-refractivity contribution in [3.05, 3.63) is 127 Å². The van der Waals surface area contributed by atoms with Gasteiger partial charge in [-0.2, -0.15) is 0 Å². The minimum atomic E-state index is 0.907. The first-order valence-electron chi connectivity index (χ1n) is 13.2. The van der Waals surface area contributed by atoms with E-state index in [4.69, 9.17) is 8.83 Å². The summed E-state index contributed by atoms with van der Waals surface area (Å²) in [5, 5.41) is 7.06. The normalized spacial score (nSPS) is 12.1. The summed E-state index contributed by atoms with van der Waals surface area (Å²) in [6.45, 7) is 0. The molecule has 0 fully saturated rings. The van der Waals surface area contributed by atoms with Crippen molar-refractivity contribution in [1.29, 1.82) is 0 Å². The van der Waals surface area contributed by atoms with Gasteiger partial charge in [-0.05, 0) is 59.7 Å². The van der Waals surface area contributed by atoms with Crippen LogP contribution in [0.3, 0.4) is 0 Å². The smallest absolute Gasteiger partial charge is 0.137 e. The van der Waals surface area contributed by atoms with E-state index in [1.807, 2.05) is 24.3 Å². The van der Waals surface area contributed by atoms with Crippen molar-refractivity contribution in [2.45, 2.75) is 0 Å². The molecule has 3 heterocycles. The predicted molar refractivity (Wildman–Crippen MR) is 161 cm³/mol. The topological polar surface area (TPSA) is 31.2 Å². The first-order valence-corrected chi connectivity index (χ1v) is 13.2. The summed E-state index contributed by atoms with van der Waals surface area (Å²) in [5.41, 5.74) is 9.45. The first-order chi connectivity index (χ1) is 19.3. The van der Waals surface area contributed by atoms with Crippen LogP contribution in [0.1, 0.15) is 0 Å². The molecule has 9 rings (SSSR count). The van der Waals surface area contributed by atoms with Gasteiger partial charge >= 0.3 is 0 Å². The van der Waals surface area contributed by atoms with Gasteiger partial charge in [0.2, 0.25) is 0 Å². The molecule has 0 aliphatic carbocycles. The SMILES string of the molecule is c1ccc2c(c1)oc1ccc(-c3ccc(-n4c5ccccc5c5cc6c(cc54)oc4ccccc46)cc3)cc12. The van der Waals surface area contributed by atoms with E-state index in [1.54, 1.807) is 0 Å². The minimum absolute atomic E-state index is 0.907. The second kappa shape index (κ2) is 7.62. The number of nitrogens with zero attached hydrogens (tertiary/aromatic N) is 1. The zero-order valence-corrected chi connectivity index (χ0v) is 20.9. The molecule has 3 heteroatoms. The lowest BCUT2D eigenvalue weighted by molar-refractivity contribution is 0.668.